The van der Waals surface area contributed by atoms with Crippen molar-refractivity contribution in [2.45, 2.75) is 17.4 Å². The van der Waals surface area contributed by atoms with E-state index in [-0.39, 0.29) is 4.90 Å². The van der Waals surface area contributed by atoms with Crippen LogP contribution in [0.15, 0.2) is 83.8 Å². The summed E-state index contributed by atoms with van der Waals surface area (Å²) < 4.78 is 42.1. The van der Waals surface area contributed by atoms with E-state index in [0.717, 1.165) is 26.9 Å². The number of hydrogen-bond acceptors (Lipinski definition) is 5. The quantitative estimate of drug-likeness (QED) is 0.457. The maximum atomic E-state index is 13.4. The van der Waals surface area contributed by atoms with Gasteiger partial charge >= 0.3 is 0 Å². The van der Waals surface area contributed by atoms with E-state index in [2.05, 4.69) is 4.72 Å². The Bertz CT molecular complexity index is 1280. The molecule has 1 atom stereocenters. The average Bonchev–Trinajstić information content (AvgIpc) is 3.08. The molecule has 5 nitrogen and oxygen atoms in total. The van der Waals surface area contributed by atoms with Gasteiger partial charge in [0.05, 0.1) is 24.2 Å². The number of benzene rings is 3. The topological polar surface area (TPSA) is 64.6 Å². The minimum absolute atomic E-state index is 0.152. The van der Waals surface area contributed by atoms with Gasteiger partial charge in [-0.2, -0.15) is 4.72 Å². The number of ether oxygens (including phenoxy) is 2. The third-order valence-electron chi connectivity index (χ3n) is 5.16. The van der Waals surface area contributed by atoms with E-state index >= 15 is 0 Å². The number of nitrogens with one attached hydrogen (secondary N) is 1. The Morgan fingerprint density at radius 1 is 0.839 bits per heavy atom. The molecule has 158 valence electrons. The van der Waals surface area contributed by atoms with Crippen LogP contribution in [-0.2, 0) is 10.0 Å². The Morgan fingerprint density at radius 3 is 2.39 bits per heavy atom. The summed E-state index contributed by atoms with van der Waals surface area (Å²) in [4.78, 5) is 1.09. The van der Waals surface area contributed by atoms with Crippen molar-refractivity contribution >= 4 is 31.4 Å². The van der Waals surface area contributed by atoms with Crippen LogP contribution in [0.2, 0.25) is 0 Å². The lowest BCUT2D eigenvalue weighted by atomic mass is 10.1. The Hall–Kier alpha value is -2.87. The Labute approximate surface area is 185 Å². The zero-order chi connectivity index (χ0) is 21.3. The molecule has 1 aliphatic rings. The molecule has 0 saturated heterocycles. The van der Waals surface area contributed by atoms with Gasteiger partial charge in [0, 0.05) is 22.1 Å². The van der Waals surface area contributed by atoms with Crippen molar-refractivity contribution in [3.8, 4) is 11.5 Å². The standard InChI is InChI=1S/C24H21NO4S2/c26-31(27,19-11-12-20-21(16-19)29-14-6-13-28-20)25-24(17-7-2-1-3-8-17)23-15-18-9-4-5-10-22(18)30-23/h1-5,7-12,15-16,24-25H,6,13-14H2/t24-/m1/s1. The van der Waals surface area contributed by atoms with Crippen LogP contribution in [0.4, 0.5) is 0 Å². The first-order chi connectivity index (χ1) is 15.1. The summed E-state index contributed by atoms with van der Waals surface area (Å²) in [5, 5.41) is 1.10. The number of hydrogen-bond donors (Lipinski definition) is 1. The van der Waals surface area contributed by atoms with Gasteiger partial charge in [0.15, 0.2) is 11.5 Å². The van der Waals surface area contributed by atoms with Crippen LogP contribution in [0.3, 0.4) is 0 Å². The van der Waals surface area contributed by atoms with Gasteiger partial charge in [-0.05, 0) is 35.2 Å². The lowest BCUT2D eigenvalue weighted by molar-refractivity contribution is 0.297. The third kappa shape index (κ3) is 4.17. The predicted molar refractivity (Wildman–Crippen MR) is 122 cm³/mol. The van der Waals surface area contributed by atoms with Crippen LogP contribution in [-0.4, -0.2) is 21.6 Å². The highest BCUT2D eigenvalue weighted by atomic mass is 32.2. The first-order valence-electron chi connectivity index (χ1n) is 10.1. The summed E-state index contributed by atoms with van der Waals surface area (Å²) in [6, 6.07) is 24.0. The summed E-state index contributed by atoms with van der Waals surface area (Å²) in [7, 11) is -3.82. The van der Waals surface area contributed by atoms with Crippen LogP contribution >= 0.6 is 11.3 Å². The highest BCUT2D eigenvalue weighted by molar-refractivity contribution is 7.89. The maximum absolute atomic E-state index is 13.4. The Balaban J connectivity index is 1.54. The fraction of sp³-hybridized carbons (Fsp3) is 0.167. The molecular weight excluding hydrogens is 430 g/mol. The minimum Gasteiger partial charge on any atom is -0.490 e. The number of rotatable bonds is 5. The molecule has 1 aromatic heterocycles. The lowest BCUT2D eigenvalue weighted by Gasteiger charge is -2.19. The number of thiophene rings is 1. The minimum atomic E-state index is -3.82. The molecule has 0 aliphatic carbocycles. The number of fused-ring (bicyclic) bond motifs is 2. The van der Waals surface area contributed by atoms with E-state index in [1.54, 1.807) is 23.5 Å². The van der Waals surface area contributed by atoms with E-state index in [1.165, 1.54) is 6.07 Å². The highest BCUT2D eigenvalue weighted by Gasteiger charge is 2.26. The van der Waals surface area contributed by atoms with Crippen LogP contribution in [0.1, 0.15) is 22.9 Å². The van der Waals surface area contributed by atoms with Crippen molar-refractivity contribution in [1.29, 1.82) is 0 Å². The average molecular weight is 452 g/mol. The van der Waals surface area contributed by atoms with Crippen molar-refractivity contribution in [2.24, 2.45) is 0 Å². The van der Waals surface area contributed by atoms with Gasteiger partial charge in [0.2, 0.25) is 10.0 Å². The predicted octanol–water partition coefficient (Wildman–Crippen LogP) is 5.13. The fourth-order valence-electron chi connectivity index (χ4n) is 3.61. The lowest BCUT2D eigenvalue weighted by Crippen LogP contribution is -2.29. The van der Waals surface area contributed by atoms with Gasteiger partial charge < -0.3 is 9.47 Å². The molecule has 2 heterocycles. The first-order valence-corrected chi connectivity index (χ1v) is 12.4. The second kappa shape index (κ2) is 8.34. The fourth-order valence-corrected chi connectivity index (χ4v) is 6.05. The van der Waals surface area contributed by atoms with Crippen LogP contribution in [0.5, 0.6) is 11.5 Å². The van der Waals surface area contributed by atoms with Gasteiger partial charge in [-0.3, -0.25) is 0 Å². The van der Waals surface area contributed by atoms with E-state index in [9.17, 15) is 8.42 Å². The van der Waals surface area contributed by atoms with Crippen molar-refractivity contribution < 1.29 is 17.9 Å². The molecular formula is C24H21NO4S2. The molecule has 0 saturated carbocycles. The van der Waals surface area contributed by atoms with E-state index in [1.807, 2.05) is 60.7 Å². The molecule has 4 aromatic rings. The SMILES string of the molecule is O=S(=O)(N[C@H](c1ccccc1)c1cc2ccccc2s1)c1ccc2c(c1)OCCCO2. The van der Waals surface area contributed by atoms with Gasteiger partial charge in [-0.25, -0.2) is 8.42 Å². The molecule has 0 unspecified atom stereocenters. The van der Waals surface area contributed by atoms with Crippen LogP contribution in [0.25, 0.3) is 10.1 Å². The molecule has 0 radical (unpaired) electrons. The first kappa shape index (κ1) is 20.1. The summed E-state index contributed by atoms with van der Waals surface area (Å²) in [6.07, 6.45) is 0.761. The second-order valence-electron chi connectivity index (χ2n) is 7.31. The van der Waals surface area contributed by atoms with Gasteiger partial charge in [0.25, 0.3) is 0 Å². The van der Waals surface area contributed by atoms with Crippen LogP contribution < -0.4 is 14.2 Å². The third-order valence-corrected chi connectivity index (χ3v) is 7.77. The smallest absolute Gasteiger partial charge is 0.241 e. The normalized spacial score (nSPS) is 14.8. The van der Waals surface area contributed by atoms with Crippen molar-refractivity contribution in [3.63, 3.8) is 0 Å². The molecule has 1 N–H and O–H groups in total. The maximum Gasteiger partial charge on any atom is 0.241 e. The van der Waals surface area contributed by atoms with Gasteiger partial charge in [0.1, 0.15) is 0 Å². The molecule has 0 fully saturated rings. The molecule has 0 bridgehead atoms. The molecule has 5 rings (SSSR count). The van der Waals surface area contributed by atoms with Gasteiger partial charge in [-0.15, -0.1) is 11.3 Å². The van der Waals surface area contributed by atoms with Crippen molar-refractivity contribution in [2.75, 3.05) is 13.2 Å². The van der Waals surface area contributed by atoms with E-state index < -0.39 is 16.1 Å². The monoisotopic (exact) mass is 451 g/mol. The number of sulfonamides is 1. The van der Waals surface area contributed by atoms with E-state index in [0.29, 0.717) is 24.7 Å². The Morgan fingerprint density at radius 2 is 1.58 bits per heavy atom. The summed E-state index contributed by atoms with van der Waals surface area (Å²) in [6.45, 7) is 1.05. The van der Waals surface area contributed by atoms with Crippen LogP contribution in [0, 0.1) is 0 Å². The summed E-state index contributed by atoms with van der Waals surface area (Å²) in [5.74, 6) is 1.03. The highest BCUT2D eigenvalue weighted by Crippen LogP contribution is 2.36. The van der Waals surface area contributed by atoms with Crippen molar-refractivity contribution in [3.05, 3.63) is 89.3 Å². The zero-order valence-corrected chi connectivity index (χ0v) is 18.3. The van der Waals surface area contributed by atoms with Crippen molar-refractivity contribution in [1.82, 2.24) is 4.72 Å². The molecule has 0 spiro atoms. The Kier molecular flexibility index (Phi) is 5.40. The molecule has 0 amide bonds. The van der Waals surface area contributed by atoms with E-state index in [4.69, 9.17) is 9.47 Å². The zero-order valence-electron chi connectivity index (χ0n) is 16.7. The summed E-state index contributed by atoms with van der Waals surface area (Å²) in [5.41, 5.74) is 0.881. The largest absolute Gasteiger partial charge is 0.490 e. The molecule has 31 heavy (non-hydrogen) atoms. The molecule has 1 aliphatic heterocycles. The molecule has 7 heteroatoms. The summed E-state index contributed by atoms with van der Waals surface area (Å²) >= 11 is 1.59. The van der Waals surface area contributed by atoms with Gasteiger partial charge in [-0.1, -0.05) is 48.5 Å². The molecule has 3 aromatic carbocycles. The second-order valence-corrected chi connectivity index (χ2v) is 10.1.